The van der Waals surface area contributed by atoms with E-state index in [0.717, 1.165) is 30.5 Å². The number of hydrogen-bond acceptors (Lipinski definition) is 2. The van der Waals surface area contributed by atoms with E-state index in [1.54, 1.807) is 6.92 Å². The van der Waals surface area contributed by atoms with Crippen LogP contribution in [0, 0.1) is 6.92 Å². The Balaban J connectivity index is 2.15. The molecule has 1 amide bonds. The van der Waals surface area contributed by atoms with Crippen LogP contribution in [0.1, 0.15) is 42.1 Å². The second-order valence-electron chi connectivity index (χ2n) is 5.07. The van der Waals surface area contributed by atoms with E-state index in [2.05, 4.69) is 0 Å². The highest BCUT2D eigenvalue weighted by molar-refractivity contribution is 5.95. The molecular weight excluding hydrogens is 226 g/mol. The lowest BCUT2D eigenvalue weighted by molar-refractivity contribution is -0.117. The number of rotatable bonds is 3. The minimum absolute atomic E-state index is 0.0578. The van der Waals surface area contributed by atoms with Crippen molar-refractivity contribution in [1.82, 2.24) is 4.90 Å². The maximum atomic E-state index is 12.4. The van der Waals surface area contributed by atoms with E-state index in [1.165, 1.54) is 0 Å². The first-order valence-corrected chi connectivity index (χ1v) is 6.45. The molecule has 0 aromatic heterocycles. The summed E-state index contributed by atoms with van der Waals surface area (Å²) >= 11 is 0. The van der Waals surface area contributed by atoms with Crippen molar-refractivity contribution >= 4 is 11.7 Å². The molecule has 1 fully saturated rings. The Labute approximate surface area is 108 Å². The number of Topliss-reactive ketones (excluding diaryl/α,β-unsaturated/α-hetero) is 1. The second-order valence-corrected chi connectivity index (χ2v) is 5.07. The molecule has 1 aliphatic rings. The lowest BCUT2D eigenvalue weighted by Gasteiger charge is -2.24. The molecule has 1 aliphatic heterocycles. The van der Waals surface area contributed by atoms with E-state index in [0.29, 0.717) is 6.42 Å². The van der Waals surface area contributed by atoms with E-state index in [4.69, 9.17) is 0 Å². The van der Waals surface area contributed by atoms with Crippen molar-refractivity contribution < 1.29 is 9.59 Å². The molecule has 0 aliphatic carbocycles. The minimum atomic E-state index is 0.0578. The minimum Gasteiger partial charge on any atom is -0.335 e. The van der Waals surface area contributed by atoms with Crippen LogP contribution in [0.2, 0.25) is 0 Å². The molecule has 0 spiro atoms. The summed E-state index contributed by atoms with van der Waals surface area (Å²) in [5.74, 6) is 0.214. The monoisotopic (exact) mass is 245 g/mol. The molecule has 1 heterocycles. The zero-order valence-electron chi connectivity index (χ0n) is 11.0. The topological polar surface area (TPSA) is 37.4 Å². The van der Waals surface area contributed by atoms with Gasteiger partial charge in [0.05, 0.1) is 0 Å². The number of amides is 1. The van der Waals surface area contributed by atoms with Crippen molar-refractivity contribution in [2.75, 3.05) is 6.54 Å². The molecular formula is C15H19NO2. The van der Waals surface area contributed by atoms with Crippen LogP contribution in [-0.4, -0.2) is 29.2 Å². The number of carbonyl (C=O) groups is 2. The van der Waals surface area contributed by atoms with Gasteiger partial charge in [0.2, 0.25) is 0 Å². The summed E-state index contributed by atoms with van der Waals surface area (Å²) in [7, 11) is 0. The summed E-state index contributed by atoms with van der Waals surface area (Å²) in [6.45, 7) is 4.34. The summed E-state index contributed by atoms with van der Waals surface area (Å²) in [5, 5.41) is 0. The van der Waals surface area contributed by atoms with Gasteiger partial charge >= 0.3 is 0 Å². The highest BCUT2D eigenvalue weighted by atomic mass is 16.2. The van der Waals surface area contributed by atoms with Crippen molar-refractivity contribution in [1.29, 1.82) is 0 Å². The van der Waals surface area contributed by atoms with Crippen LogP contribution >= 0.6 is 0 Å². The summed E-state index contributed by atoms with van der Waals surface area (Å²) in [4.78, 5) is 25.5. The molecule has 3 nitrogen and oxygen atoms in total. The van der Waals surface area contributed by atoms with Crippen molar-refractivity contribution in [3.8, 4) is 0 Å². The predicted molar refractivity (Wildman–Crippen MR) is 70.5 cm³/mol. The molecule has 3 heteroatoms. The third kappa shape index (κ3) is 2.78. The Morgan fingerprint density at radius 3 is 2.83 bits per heavy atom. The first-order chi connectivity index (χ1) is 8.58. The molecule has 2 rings (SSSR count). The van der Waals surface area contributed by atoms with Crippen molar-refractivity contribution in [2.45, 2.75) is 39.2 Å². The Hall–Kier alpha value is -1.64. The number of hydrogen-bond donors (Lipinski definition) is 0. The smallest absolute Gasteiger partial charge is 0.254 e. The van der Waals surface area contributed by atoms with Gasteiger partial charge in [0, 0.05) is 24.6 Å². The molecule has 1 aromatic rings. The van der Waals surface area contributed by atoms with Gasteiger partial charge in [-0.15, -0.1) is 0 Å². The van der Waals surface area contributed by atoms with Gasteiger partial charge in [-0.2, -0.15) is 0 Å². The van der Waals surface area contributed by atoms with E-state index in [9.17, 15) is 9.59 Å². The standard InChI is InChI=1S/C15H19NO2/c1-11-5-3-6-13(9-11)15(18)16-8-4-7-14(16)10-12(2)17/h3,5-6,9,14H,4,7-8,10H2,1-2H3. The van der Waals surface area contributed by atoms with Gasteiger partial charge in [-0.3, -0.25) is 9.59 Å². The van der Waals surface area contributed by atoms with E-state index < -0.39 is 0 Å². The normalized spacial score (nSPS) is 19.0. The maximum absolute atomic E-state index is 12.4. The van der Waals surface area contributed by atoms with Crippen molar-refractivity contribution in [3.63, 3.8) is 0 Å². The Morgan fingerprint density at radius 1 is 1.39 bits per heavy atom. The largest absolute Gasteiger partial charge is 0.335 e. The molecule has 96 valence electrons. The zero-order valence-corrected chi connectivity index (χ0v) is 11.0. The summed E-state index contributed by atoms with van der Waals surface area (Å²) in [6, 6.07) is 7.73. The fourth-order valence-electron chi connectivity index (χ4n) is 2.59. The van der Waals surface area contributed by atoms with Gasteiger partial charge in [0.15, 0.2) is 0 Å². The van der Waals surface area contributed by atoms with Gasteiger partial charge in [-0.05, 0) is 38.8 Å². The molecule has 0 saturated carbocycles. The Bertz CT molecular complexity index is 467. The summed E-state index contributed by atoms with van der Waals surface area (Å²) in [5.41, 5.74) is 1.81. The average Bonchev–Trinajstić information content (AvgIpc) is 2.75. The summed E-state index contributed by atoms with van der Waals surface area (Å²) in [6.07, 6.45) is 2.42. The number of ketones is 1. The van der Waals surface area contributed by atoms with Gasteiger partial charge in [-0.25, -0.2) is 0 Å². The molecule has 0 N–H and O–H groups in total. The molecule has 1 unspecified atom stereocenters. The second kappa shape index (κ2) is 5.34. The lowest BCUT2D eigenvalue weighted by Crippen LogP contribution is -2.36. The molecule has 1 atom stereocenters. The number of aryl methyl sites for hydroxylation is 1. The molecule has 0 radical (unpaired) electrons. The Kier molecular flexibility index (Phi) is 3.80. The van der Waals surface area contributed by atoms with Gasteiger partial charge < -0.3 is 4.90 Å². The van der Waals surface area contributed by atoms with Crippen LogP contribution in [-0.2, 0) is 4.79 Å². The summed E-state index contributed by atoms with van der Waals surface area (Å²) < 4.78 is 0. The van der Waals surface area contributed by atoms with Crippen LogP contribution in [0.15, 0.2) is 24.3 Å². The van der Waals surface area contributed by atoms with Crippen LogP contribution in [0.3, 0.4) is 0 Å². The maximum Gasteiger partial charge on any atom is 0.254 e. The number of carbonyl (C=O) groups excluding carboxylic acids is 2. The highest BCUT2D eigenvalue weighted by Crippen LogP contribution is 2.23. The van der Waals surface area contributed by atoms with Crippen LogP contribution in [0.25, 0.3) is 0 Å². The predicted octanol–water partition coefficient (Wildman–Crippen LogP) is 2.58. The number of benzene rings is 1. The van der Waals surface area contributed by atoms with Crippen LogP contribution < -0.4 is 0 Å². The first-order valence-electron chi connectivity index (χ1n) is 6.45. The zero-order chi connectivity index (χ0) is 13.1. The van der Waals surface area contributed by atoms with Gasteiger partial charge in [0.1, 0.15) is 5.78 Å². The third-order valence-corrected chi connectivity index (χ3v) is 3.43. The van der Waals surface area contributed by atoms with Crippen LogP contribution in [0.5, 0.6) is 0 Å². The molecule has 0 bridgehead atoms. The fourth-order valence-corrected chi connectivity index (χ4v) is 2.59. The quantitative estimate of drug-likeness (QED) is 0.820. The molecule has 18 heavy (non-hydrogen) atoms. The first kappa shape index (κ1) is 12.8. The molecule has 1 saturated heterocycles. The van der Waals surface area contributed by atoms with E-state index >= 15 is 0 Å². The van der Waals surface area contributed by atoms with Crippen molar-refractivity contribution in [3.05, 3.63) is 35.4 Å². The average molecular weight is 245 g/mol. The molecule has 1 aromatic carbocycles. The van der Waals surface area contributed by atoms with Crippen molar-refractivity contribution in [2.24, 2.45) is 0 Å². The third-order valence-electron chi connectivity index (χ3n) is 3.43. The van der Waals surface area contributed by atoms with E-state index in [-0.39, 0.29) is 17.7 Å². The lowest BCUT2D eigenvalue weighted by atomic mass is 10.1. The number of nitrogens with zero attached hydrogens (tertiary/aromatic N) is 1. The van der Waals surface area contributed by atoms with Crippen LogP contribution in [0.4, 0.5) is 0 Å². The highest BCUT2D eigenvalue weighted by Gasteiger charge is 2.29. The van der Waals surface area contributed by atoms with E-state index in [1.807, 2.05) is 36.1 Å². The SMILES string of the molecule is CC(=O)CC1CCCN1C(=O)c1cccc(C)c1. The Morgan fingerprint density at radius 2 is 2.17 bits per heavy atom. The van der Waals surface area contributed by atoms with Gasteiger partial charge in [0.25, 0.3) is 5.91 Å². The van der Waals surface area contributed by atoms with Gasteiger partial charge in [-0.1, -0.05) is 17.7 Å². The fraction of sp³-hybridized carbons (Fsp3) is 0.467. The number of likely N-dealkylation sites (tertiary alicyclic amines) is 1.